The number of hydrogen-bond acceptors (Lipinski definition) is 3. The van der Waals surface area contributed by atoms with Crippen molar-refractivity contribution in [2.24, 2.45) is 10.9 Å². The topological polar surface area (TPSA) is 66.0 Å². The number of halogens is 1. The summed E-state index contributed by atoms with van der Waals surface area (Å²) in [6.45, 7) is 11.0. The molecule has 26 heavy (non-hydrogen) atoms. The van der Waals surface area contributed by atoms with Crippen LogP contribution in [0, 0.1) is 5.92 Å². The third kappa shape index (κ3) is 8.14. The van der Waals surface area contributed by atoms with Gasteiger partial charge in [-0.25, -0.2) is 4.79 Å². The third-order valence-electron chi connectivity index (χ3n) is 4.47. The zero-order valence-corrected chi connectivity index (χ0v) is 18.9. The lowest BCUT2D eigenvalue weighted by Gasteiger charge is -2.33. The standard InChI is InChI=1S/C19H34N4O2.HI/c1-5-20-17(22-16-8-6-7-9-16)21-14-15-10-12-23(13-11-15)18(24)25-19(2,3)4;/h6-7,15-16H,5,8-14H2,1-4H3,(H2,20,21,22);1H. The van der Waals surface area contributed by atoms with Crippen molar-refractivity contribution in [3.8, 4) is 0 Å². The molecule has 0 spiro atoms. The summed E-state index contributed by atoms with van der Waals surface area (Å²) in [4.78, 5) is 18.7. The fourth-order valence-corrected chi connectivity index (χ4v) is 3.09. The molecule has 1 amide bonds. The molecule has 0 aromatic heterocycles. The molecule has 2 aliphatic rings. The van der Waals surface area contributed by atoms with Crippen LogP contribution in [0.25, 0.3) is 0 Å². The lowest BCUT2D eigenvalue weighted by atomic mass is 9.97. The number of hydrogen-bond donors (Lipinski definition) is 2. The maximum atomic E-state index is 12.1. The predicted octanol–water partition coefficient (Wildman–Crippen LogP) is 3.53. The molecule has 1 heterocycles. The Morgan fingerprint density at radius 1 is 1.23 bits per heavy atom. The van der Waals surface area contributed by atoms with Gasteiger partial charge in [0, 0.05) is 32.2 Å². The van der Waals surface area contributed by atoms with Crippen molar-refractivity contribution in [2.75, 3.05) is 26.2 Å². The number of rotatable bonds is 4. The second kappa shape index (κ2) is 11.0. The summed E-state index contributed by atoms with van der Waals surface area (Å²) < 4.78 is 5.45. The molecule has 0 atom stereocenters. The van der Waals surface area contributed by atoms with Crippen LogP contribution in [0.2, 0.25) is 0 Å². The molecule has 1 saturated heterocycles. The molecule has 0 aromatic carbocycles. The number of piperidine rings is 1. The highest BCUT2D eigenvalue weighted by molar-refractivity contribution is 14.0. The molecular formula is C19H35IN4O2. The number of nitrogens with zero attached hydrogens (tertiary/aromatic N) is 2. The summed E-state index contributed by atoms with van der Waals surface area (Å²) in [6, 6.07) is 0.465. The molecule has 0 unspecified atom stereocenters. The molecule has 0 saturated carbocycles. The number of aliphatic imine (C=N–C) groups is 1. The van der Waals surface area contributed by atoms with Crippen molar-refractivity contribution in [1.82, 2.24) is 15.5 Å². The number of amides is 1. The summed E-state index contributed by atoms with van der Waals surface area (Å²) in [5.74, 6) is 1.43. The van der Waals surface area contributed by atoms with Crippen LogP contribution in [-0.4, -0.2) is 54.8 Å². The van der Waals surface area contributed by atoms with Gasteiger partial charge in [0.1, 0.15) is 5.60 Å². The second-order valence-corrected chi connectivity index (χ2v) is 7.91. The van der Waals surface area contributed by atoms with Crippen molar-refractivity contribution in [3.63, 3.8) is 0 Å². The molecular weight excluding hydrogens is 443 g/mol. The van der Waals surface area contributed by atoms with Gasteiger partial charge < -0.3 is 20.3 Å². The Balaban J connectivity index is 0.00000338. The lowest BCUT2D eigenvalue weighted by Crippen LogP contribution is -2.44. The van der Waals surface area contributed by atoms with Crippen molar-refractivity contribution in [1.29, 1.82) is 0 Å². The van der Waals surface area contributed by atoms with E-state index in [1.165, 1.54) is 0 Å². The average molecular weight is 478 g/mol. The predicted molar refractivity (Wildman–Crippen MR) is 117 cm³/mol. The largest absolute Gasteiger partial charge is 0.444 e. The molecule has 1 fully saturated rings. The van der Waals surface area contributed by atoms with Crippen LogP contribution in [0.4, 0.5) is 4.79 Å². The molecule has 7 heteroatoms. The fourth-order valence-electron chi connectivity index (χ4n) is 3.09. The van der Waals surface area contributed by atoms with Gasteiger partial charge in [0.15, 0.2) is 5.96 Å². The van der Waals surface area contributed by atoms with Crippen LogP contribution in [0.3, 0.4) is 0 Å². The van der Waals surface area contributed by atoms with E-state index in [4.69, 9.17) is 9.73 Å². The van der Waals surface area contributed by atoms with Gasteiger partial charge in [0.25, 0.3) is 0 Å². The molecule has 6 nitrogen and oxygen atoms in total. The van der Waals surface area contributed by atoms with E-state index in [2.05, 4.69) is 29.7 Å². The van der Waals surface area contributed by atoms with Crippen molar-refractivity contribution < 1.29 is 9.53 Å². The zero-order chi connectivity index (χ0) is 18.3. The Hall–Kier alpha value is -0.990. The highest BCUT2D eigenvalue weighted by Crippen LogP contribution is 2.20. The number of guanidine groups is 1. The Morgan fingerprint density at radius 3 is 2.38 bits per heavy atom. The lowest BCUT2D eigenvalue weighted by molar-refractivity contribution is 0.0187. The molecule has 1 aliphatic heterocycles. The first-order chi connectivity index (χ1) is 11.9. The van der Waals surface area contributed by atoms with Crippen molar-refractivity contribution >= 4 is 36.0 Å². The molecule has 150 valence electrons. The van der Waals surface area contributed by atoms with Crippen LogP contribution in [0.15, 0.2) is 17.1 Å². The number of likely N-dealkylation sites (tertiary alicyclic amines) is 1. The maximum Gasteiger partial charge on any atom is 0.410 e. The first-order valence-electron chi connectivity index (χ1n) is 9.55. The van der Waals surface area contributed by atoms with Gasteiger partial charge in [-0.15, -0.1) is 24.0 Å². The van der Waals surface area contributed by atoms with Gasteiger partial charge in [0.2, 0.25) is 0 Å². The average Bonchev–Trinajstić information content (AvgIpc) is 3.05. The van der Waals surface area contributed by atoms with Gasteiger partial charge in [-0.05, 0) is 59.3 Å². The Labute approximate surface area is 175 Å². The Morgan fingerprint density at radius 2 is 1.85 bits per heavy atom. The number of carbonyl (C=O) groups is 1. The van der Waals surface area contributed by atoms with E-state index >= 15 is 0 Å². The van der Waals surface area contributed by atoms with E-state index in [0.29, 0.717) is 12.0 Å². The van der Waals surface area contributed by atoms with Gasteiger partial charge in [-0.1, -0.05) is 12.2 Å². The van der Waals surface area contributed by atoms with Crippen LogP contribution in [0.5, 0.6) is 0 Å². The minimum atomic E-state index is -0.431. The molecule has 2 N–H and O–H groups in total. The van der Waals surface area contributed by atoms with Crippen LogP contribution >= 0.6 is 24.0 Å². The monoisotopic (exact) mass is 478 g/mol. The third-order valence-corrected chi connectivity index (χ3v) is 4.47. The van der Waals surface area contributed by atoms with Crippen molar-refractivity contribution in [2.45, 2.75) is 65.0 Å². The first kappa shape index (κ1) is 23.0. The van der Waals surface area contributed by atoms with Crippen LogP contribution in [-0.2, 0) is 4.74 Å². The second-order valence-electron chi connectivity index (χ2n) is 7.91. The summed E-state index contributed by atoms with van der Waals surface area (Å²) in [5.41, 5.74) is -0.431. The van der Waals surface area contributed by atoms with E-state index in [1.54, 1.807) is 0 Å². The van der Waals surface area contributed by atoms with E-state index in [-0.39, 0.29) is 30.1 Å². The zero-order valence-electron chi connectivity index (χ0n) is 16.6. The van der Waals surface area contributed by atoms with Crippen molar-refractivity contribution in [3.05, 3.63) is 12.2 Å². The summed E-state index contributed by atoms with van der Waals surface area (Å²) >= 11 is 0. The normalized spacial score (nSPS) is 19.2. The molecule has 0 radical (unpaired) electrons. The molecule has 0 bridgehead atoms. The fraction of sp³-hybridized carbons (Fsp3) is 0.789. The van der Waals surface area contributed by atoms with Crippen LogP contribution < -0.4 is 10.6 Å². The molecule has 1 aliphatic carbocycles. The van der Waals surface area contributed by atoms with Gasteiger partial charge >= 0.3 is 6.09 Å². The van der Waals surface area contributed by atoms with E-state index in [9.17, 15) is 4.79 Å². The van der Waals surface area contributed by atoms with E-state index < -0.39 is 5.60 Å². The van der Waals surface area contributed by atoms with E-state index in [1.807, 2.05) is 25.7 Å². The van der Waals surface area contributed by atoms with Crippen LogP contribution in [0.1, 0.15) is 53.4 Å². The summed E-state index contributed by atoms with van der Waals surface area (Å²) in [7, 11) is 0. The molecule has 2 rings (SSSR count). The Kier molecular flexibility index (Phi) is 9.74. The summed E-state index contributed by atoms with van der Waals surface area (Å²) in [6.07, 6.45) is 8.33. The Bertz CT molecular complexity index is 486. The SMILES string of the molecule is CCNC(=NCC1CCN(C(=O)OC(C)(C)C)CC1)NC1CC=CC1.I. The van der Waals surface area contributed by atoms with E-state index in [0.717, 1.165) is 57.8 Å². The quantitative estimate of drug-likeness (QED) is 0.281. The summed E-state index contributed by atoms with van der Waals surface area (Å²) in [5, 5.41) is 6.83. The minimum Gasteiger partial charge on any atom is -0.444 e. The smallest absolute Gasteiger partial charge is 0.410 e. The maximum absolute atomic E-state index is 12.1. The van der Waals surface area contributed by atoms with Gasteiger partial charge in [-0.2, -0.15) is 0 Å². The van der Waals surface area contributed by atoms with Gasteiger partial charge in [-0.3, -0.25) is 4.99 Å². The first-order valence-corrected chi connectivity index (χ1v) is 9.55. The number of carbonyl (C=O) groups excluding carboxylic acids is 1. The minimum absolute atomic E-state index is 0. The highest BCUT2D eigenvalue weighted by Gasteiger charge is 2.26. The number of ether oxygens (including phenoxy) is 1. The number of nitrogens with one attached hydrogen (secondary N) is 2. The molecule has 0 aromatic rings. The highest BCUT2D eigenvalue weighted by atomic mass is 127. The van der Waals surface area contributed by atoms with Gasteiger partial charge in [0.05, 0.1) is 0 Å².